The van der Waals surface area contributed by atoms with E-state index in [1.165, 1.54) is 36.1 Å². The number of benzene rings is 2. The zero-order chi connectivity index (χ0) is 17.8. The van der Waals surface area contributed by atoms with Crippen molar-refractivity contribution in [3.8, 4) is 5.69 Å². The second-order valence-corrected chi connectivity index (χ2v) is 5.13. The molecule has 3 aromatic rings. The van der Waals surface area contributed by atoms with Gasteiger partial charge in [-0.25, -0.2) is 9.07 Å². The van der Waals surface area contributed by atoms with Crippen molar-refractivity contribution in [2.75, 3.05) is 10.6 Å². The van der Waals surface area contributed by atoms with Crippen LogP contribution in [0.4, 0.5) is 15.8 Å². The quantitative estimate of drug-likeness (QED) is 0.756. The maximum atomic E-state index is 13.7. The summed E-state index contributed by atoms with van der Waals surface area (Å²) in [5.74, 6) is -1.39. The van der Waals surface area contributed by atoms with Crippen LogP contribution in [-0.2, 0) is 4.79 Å². The predicted molar refractivity (Wildman–Crippen MR) is 87.8 cm³/mol. The van der Waals surface area contributed by atoms with Gasteiger partial charge in [-0.1, -0.05) is 6.07 Å². The zero-order valence-electron chi connectivity index (χ0n) is 13.1. The topological polar surface area (TPSA) is 102 Å². The number of rotatable bonds is 4. The van der Waals surface area contributed by atoms with Crippen molar-refractivity contribution < 1.29 is 14.0 Å². The second kappa shape index (κ2) is 6.87. The number of nitrogens with one attached hydrogen (secondary N) is 2. The lowest BCUT2D eigenvalue weighted by molar-refractivity contribution is -0.114. The highest BCUT2D eigenvalue weighted by Gasteiger charge is 2.10. The van der Waals surface area contributed by atoms with E-state index in [1.807, 2.05) is 0 Å². The summed E-state index contributed by atoms with van der Waals surface area (Å²) in [6.45, 7) is 1.27. The summed E-state index contributed by atoms with van der Waals surface area (Å²) in [6, 6.07) is 10.6. The van der Waals surface area contributed by atoms with Gasteiger partial charge in [-0.15, -0.1) is 5.10 Å². The molecule has 8 nitrogen and oxygen atoms in total. The molecule has 3 rings (SSSR count). The van der Waals surface area contributed by atoms with Gasteiger partial charge in [-0.2, -0.15) is 0 Å². The summed E-state index contributed by atoms with van der Waals surface area (Å²) >= 11 is 0. The lowest BCUT2D eigenvalue weighted by atomic mass is 10.1. The van der Waals surface area contributed by atoms with Crippen LogP contribution < -0.4 is 10.6 Å². The Labute approximate surface area is 141 Å². The average molecular weight is 340 g/mol. The maximum absolute atomic E-state index is 13.7. The van der Waals surface area contributed by atoms with Gasteiger partial charge < -0.3 is 10.6 Å². The largest absolute Gasteiger partial charge is 0.324 e. The zero-order valence-corrected chi connectivity index (χ0v) is 13.1. The Bertz CT molecular complexity index is 926. The highest BCUT2D eigenvalue weighted by molar-refractivity contribution is 6.05. The van der Waals surface area contributed by atoms with Crippen LogP contribution in [0.25, 0.3) is 5.69 Å². The van der Waals surface area contributed by atoms with E-state index in [-0.39, 0.29) is 5.69 Å². The molecule has 0 spiro atoms. The fourth-order valence-electron chi connectivity index (χ4n) is 2.16. The number of anilines is 2. The molecule has 0 bridgehead atoms. The van der Waals surface area contributed by atoms with Gasteiger partial charge in [0.15, 0.2) is 0 Å². The number of tetrazole rings is 1. The third kappa shape index (κ3) is 3.83. The highest BCUT2D eigenvalue weighted by atomic mass is 19.1. The second-order valence-electron chi connectivity index (χ2n) is 5.13. The fraction of sp³-hybridized carbons (Fsp3) is 0.0625. The standard InChI is InChI=1S/C16H13FN6O2/c1-10(24)19-15-8-12(5-6-14(15)17)20-16(25)11-3-2-4-13(7-11)23-9-18-21-22-23/h2-9H,1H3,(H,19,24)(H,20,25). The molecule has 0 aliphatic heterocycles. The van der Waals surface area contributed by atoms with Crippen LogP contribution in [-0.4, -0.2) is 32.0 Å². The Kier molecular flexibility index (Phi) is 4.46. The van der Waals surface area contributed by atoms with E-state index < -0.39 is 17.6 Å². The first-order valence-electron chi connectivity index (χ1n) is 7.25. The van der Waals surface area contributed by atoms with Crippen molar-refractivity contribution in [3.05, 3.63) is 60.2 Å². The highest BCUT2D eigenvalue weighted by Crippen LogP contribution is 2.20. The molecule has 126 valence electrons. The number of carbonyl (C=O) groups excluding carboxylic acids is 2. The summed E-state index contributed by atoms with van der Waals surface area (Å²) in [4.78, 5) is 23.5. The molecule has 1 aromatic heterocycles. The SMILES string of the molecule is CC(=O)Nc1cc(NC(=O)c2cccc(-n3cnnn3)c2)ccc1F. The summed E-state index contributed by atoms with van der Waals surface area (Å²) in [5.41, 5.74) is 1.34. The number of nitrogens with zero attached hydrogens (tertiary/aromatic N) is 4. The van der Waals surface area contributed by atoms with E-state index in [1.54, 1.807) is 24.3 Å². The minimum atomic E-state index is -0.589. The van der Waals surface area contributed by atoms with Gasteiger partial charge in [0, 0.05) is 18.2 Å². The molecule has 0 saturated carbocycles. The molecule has 0 unspecified atom stereocenters. The van der Waals surface area contributed by atoms with E-state index in [2.05, 4.69) is 26.2 Å². The lowest BCUT2D eigenvalue weighted by Crippen LogP contribution is -2.13. The van der Waals surface area contributed by atoms with Crippen molar-refractivity contribution in [2.45, 2.75) is 6.92 Å². The van der Waals surface area contributed by atoms with Gasteiger partial charge >= 0.3 is 0 Å². The minimum absolute atomic E-state index is 0.00672. The Morgan fingerprint density at radius 2 is 1.96 bits per heavy atom. The molecular weight excluding hydrogens is 327 g/mol. The Hall–Kier alpha value is -3.62. The first-order valence-corrected chi connectivity index (χ1v) is 7.25. The molecule has 0 radical (unpaired) electrons. The van der Waals surface area contributed by atoms with Crippen LogP contribution >= 0.6 is 0 Å². The normalized spacial score (nSPS) is 10.3. The molecular formula is C16H13FN6O2. The summed E-state index contributed by atoms with van der Waals surface area (Å²) in [7, 11) is 0. The van der Waals surface area contributed by atoms with E-state index >= 15 is 0 Å². The van der Waals surface area contributed by atoms with Crippen LogP contribution in [0.3, 0.4) is 0 Å². The van der Waals surface area contributed by atoms with Crippen LogP contribution in [0.1, 0.15) is 17.3 Å². The first kappa shape index (κ1) is 16.2. The molecule has 0 fully saturated rings. The average Bonchev–Trinajstić information content (AvgIpc) is 3.12. The summed E-state index contributed by atoms with van der Waals surface area (Å²) < 4.78 is 15.1. The number of carbonyl (C=O) groups is 2. The molecule has 2 amide bonds. The van der Waals surface area contributed by atoms with E-state index in [4.69, 9.17) is 0 Å². The molecule has 25 heavy (non-hydrogen) atoms. The molecule has 2 N–H and O–H groups in total. The molecule has 0 aliphatic carbocycles. The number of aromatic nitrogens is 4. The van der Waals surface area contributed by atoms with Crippen molar-refractivity contribution in [3.63, 3.8) is 0 Å². The van der Waals surface area contributed by atoms with Crippen LogP contribution in [0.2, 0.25) is 0 Å². The van der Waals surface area contributed by atoms with Gasteiger partial charge in [0.2, 0.25) is 5.91 Å². The van der Waals surface area contributed by atoms with Crippen LogP contribution in [0.15, 0.2) is 48.8 Å². The predicted octanol–water partition coefficient (Wildman–Crippen LogP) is 2.01. The van der Waals surface area contributed by atoms with Crippen LogP contribution in [0.5, 0.6) is 0 Å². The van der Waals surface area contributed by atoms with Gasteiger partial charge in [0.05, 0.1) is 11.4 Å². The summed E-state index contributed by atoms with van der Waals surface area (Å²) in [5, 5.41) is 15.9. The van der Waals surface area contributed by atoms with Crippen molar-refractivity contribution in [2.24, 2.45) is 0 Å². The monoisotopic (exact) mass is 340 g/mol. The van der Waals surface area contributed by atoms with E-state index in [0.717, 1.165) is 0 Å². The Balaban J connectivity index is 1.81. The number of halogens is 1. The van der Waals surface area contributed by atoms with Gasteiger partial charge in [-0.05, 0) is 46.8 Å². The Morgan fingerprint density at radius 3 is 2.68 bits per heavy atom. The van der Waals surface area contributed by atoms with E-state index in [0.29, 0.717) is 16.9 Å². The molecule has 9 heteroatoms. The van der Waals surface area contributed by atoms with E-state index in [9.17, 15) is 14.0 Å². The van der Waals surface area contributed by atoms with Gasteiger partial charge in [0.25, 0.3) is 5.91 Å². The summed E-state index contributed by atoms with van der Waals surface area (Å²) in [6.07, 6.45) is 1.41. The number of amides is 2. The maximum Gasteiger partial charge on any atom is 0.255 e. The van der Waals surface area contributed by atoms with Gasteiger partial charge in [-0.3, -0.25) is 9.59 Å². The molecule has 0 saturated heterocycles. The third-order valence-electron chi connectivity index (χ3n) is 3.26. The number of hydrogen-bond donors (Lipinski definition) is 2. The van der Waals surface area contributed by atoms with Crippen LogP contribution in [0, 0.1) is 5.82 Å². The van der Waals surface area contributed by atoms with Crippen molar-refractivity contribution >= 4 is 23.2 Å². The Morgan fingerprint density at radius 1 is 1.12 bits per heavy atom. The van der Waals surface area contributed by atoms with Crippen molar-refractivity contribution in [1.29, 1.82) is 0 Å². The fourth-order valence-corrected chi connectivity index (χ4v) is 2.16. The number of hydrogen-bond acceptors (Lipinski definition) is 5. The molecule has 2 aromatic carbocycles. The lowest BCUT2D eigenvalue weighted by Gasteiger charge is -2.09. The minimum Gasteiger partial charge on any atom is -0.324 e. The van der Waals surface area contributed by atoms with Gasteiger partial charge in [0.1, 0.15) is 12.1 Å². The molecule has 0 aliphatic rings. The van der Waals surface area contributed by atoms with Crippen molar-refractivity contribution in [1.82, 2.24) is 20.2 Å². The third-order valence-corrected chi connectivity index (χ3v) is 3.26. The molecule has 1 heterocycles. The smallest absolute Gasteiger partial charge is 0.255 e. The molecule has 0 atom stereocenters. The first-order chi connectivity index (χ1) is 12.0.